The molecule has 0 atom stereocenters. The predicted molar refractivity (Wildman–Crippen MR) is 76.2 cm³/mol. The Hall–Kier alpha value is -0.550. The fraction of sp³-hybridized carbons (Fsp3) is 0. The zero-order chi connectivity index (χ0) is 12.0. The molecular weight excluding hydrogens is 343 g/mol. The highest BCUT2D eigenvalue weighted by atomic mass is 79.9. The Labute approximate surface area is 120 Å². The van der Waals surface area contributed by atoms with Crippen molar-refractivity contribution in [2.45, 2.75) is 0 Å². The normalized spacial score (nSPS) is 11.2. The van der Waals surface area contributed by atoms with E-state index >= 15 is 0 Å². The van der Waals surface area contributed by atoms with Gasteiger partial charge in [-0.2, -0.15) is 0 Å². The summed E-state index contributed by atoms with van der Waals surface area (Å²) >= 11 is 16.9. The highest BCUT2D eigenvalue weighted by molar-refractivity contribution is 9.10. The van der Waals surface area contributed by atoms with Gasteiger partial charge in [0.2, 0.25) is 0 Å². The molecule has 0 N–H and O–H groups in total. The van der Waals surface area contributed by atoms with Gasteiger partial charge in [-0.1, -0.05) is 23.2 Å². The number of nitrogens with zero attached hydrogens (tertiary/aromatic N) is 2. The van der Waals surface area contributed by atoms with E-state index in [0.29, 0.717) is 8.67 Å². The molecule has 0 aliphatic rings. The number of rotatable bonds is 1. The maximum Gasteiger partial charge on any atom is 0.151 e. The summed E-state index contributed by atoms with van der Waals surface area (Å²) in [5.41, 5.74) is 2.56. The van der Waals surface area contributed by atoms with Crippen LogP contribution in [0.15, 0.2) is 35.1 Å². The first-order chi connectivity index (χ1) is 8.15. The Balaban J connectivity index is 2.25. The lowest BCUT2D eigenvalue weighted by Crippen LogP contribution is -1.80. The first-order valence-electron chi connectivity index (χ1n) is 4.73. The number of pyridine rings is 1. The second-order valence-corrected chi connectivity index (χ2v) is 6.59. The summed E-state index contributed by atoms with van der Waals surface area (Å²) < 4.78 is 4.22. The number of fused-ring (bicyclic) bond motifs is 1. The van der Waals surface area contributed by atoms with E-state index in [2.05, 4.69) is 20.9 Å². The topological polar surface area (TPSA) is 17.3 Å². The van der Waals surface area contributed by atoms with E-state index in [9.17, 15) is 0 Å². The van der Waals surface area contributed by atoms with Gasteiger partial charge < -0.3 is 4.40 Å². The van der Waals surface area contributed by atoms with Crippen LogP contribution in [0, 0.1) is 0 Å². The smallest absolute Gasteiger partial charge is 0.151 e. The first-order valence-corrected chi connectivity index (χ1v) is 7.10. The summed E-state index contributed by atoms with van der Waals surface area (Å²) in [5.74, 6) is 0. The fourth-order valence-corrected chi connectivity index (χ4v) is 3.55. The summed E-state index contributed by atoms with van der Waals surface area (Å²) in [6.45, 7) is 0. The Morgan fingerprint density at radius 1 is 1.35 bits per heavy atom. The van der Waals surface area contributed by atoms with Crippen LogP contribution in [0.4, 0.5) is 0 Å². The van der Waals surface area contributed by atoms with Crippen LogP contribution in [0.3, 0.4) is 0 Å². The number of hydrogen-bond acceptors (Lipinski definition) is 2. The van der Waals surface area contributed by atoms with Crippen molar-refractivity contribution in [3.8, 4) is 11.3 Å². The summed E-state index contributed by atoms with van der Waals surface area (Å²) in [7, 11) is 0. The van der Waals surface area contributed by atoms with Gasteiger partial charge in [0.15, 0.2) is 5.65 Å². The van der Waals surface area contributed by atoms with Gasteiger partial charge in [0.25, 0.3) is 0 Å². The van der Waals surface area contributed by atoms with Crippen LogP contribution in [-0.2, 0) is 0 Å². The van der Waals surface area contributed by atoms with Crippen molar-refractivity contribution < 1.29 is 0 Å². The quantitative estimate of drug-likeness (QED) is 0.596. The van der Waals surface area contributed by atoms with Crippen molar-refractivity contribution in [2.75, 3.05) is 0 Å². The summed E-state index contributed by atoms with van der Waals surface area (Å²) in [5, 5.41) is 0. The molecule has 0 fully saturated rings. The van der Waals surface area contributed by atoms with Crippen LogP contribution in [0.1, 0.15) is 0 Å². The molecule has 86 valence electrons. The Kier molecular flexibility index (Phi) is 2.91. The number of imidazole rings is 1. The van der Waals surface area contributed by atoms with Crippen LogP contribution in [-0.4, -0.2) is 9.38 Å². The molecule has 0 aliphatic carbocycles. The third-order valence-corrected chi connectivity index (χ3v) is 4.47. The molecule has 0 unspecified atom stereocenters. The van der Waals surface area contributed by atoms with Gasteiger partial charge >= 0.3 is 0 Å². The summed E-state index contributed by atoms with van der Waals surface area (Å²) in [6, 6.07) is 5.74. The monoisotopic (exact) mass is 346 g/mol. The molecule has 0 bridgehead atoms. The van der Waals surface area contributed by atoms with Gasteiger partial charge in [-0.15, -0.1) is 11.3 Å². The van der Waals surface area contributed by atoms with Crippen LogP contribution >= 0.6 is 50.5 Å². The van der Waals surface area contributed by atoms with Gasteiger partial charge in [-0.25, -0.2) is 4.98 Å². The van der Waals surface area contributed by atoms with E-state index in [1.807, 2.05) is 35.0 Å². The lowest BCUT2D eigenvalue weighted by Gasteiger charge is -1.92. The number of halogens is 3. The number of aromatic nitrogens is 2. The molecule has 6 heteroatoms. The lowest BCUT2D eigenvalue weighted by molar-refractivity contribution is 1.18. The molecule has 3 aromatic rings. The zero-order valence-corrected chi connectivity index (χ0v) is 12.2. The number of hydrogen-bond donors (Lipinski definition) is 0. The average molecular weight is 348 g/mol. The van der Waals surface area contributed by atoms with Gasteiger partial charge in [0.1, 0.15) is 4.34 Å². The Morgan fingerprint density at radius 3 is 2.82 bits per heavy atom. The van der Waals surface area contributed by atoms with Crippen LogP contribution in [0.2, 0.25) is 8.67 Å². The van der Waals surface area contributed by atoms with Crippen molar-refractivity contribution in [2.24, 2.45) is 0 Å². The van der Waals surface area contributed by atoms with Crippen molar-refractivity contribution in [1.29, 1.82) is 0 Å². The third-order valence-electron chi connectivity index (χ3n) is 2.37. The largest absolute Gasteiger partial charge is 0.306 e. The minimum atomic E-state index is 0.662. The molecule has 17 heavy (non-hydrogen) atoms. The number of thiophene rings is 1. The summed E-state index contributed by atoms with van der Waals surface area (Å²) in [4.78, 5) is 4.54. The standard InChI is InChI=1S/C11H5BrCl2N2S/c12-7-2-1-3-16-5-8(15-11(7)16)6-4-9(13)17-10(6)14/h1-5H. The van der Waals surface area contributed by atoms with Gasteiger partial charge in [-0.05, 0) is 34.1 Å². The lowest BCUT2D eigenvalue weighted by atomic mass is 10.3. The second-order valence-electron chi connectivity index (χ2n) is 3.45. The van der Waals surface area contributed by atoms with Gasteiger partial charge in [0, 0.05) is 18.0 Å². The third kappa shape index (κ3) is 1.99. The van der Waals surface area contributed by atoms with E-state index in [1.165, 1.54) is 11.3 Å². The molecule has 3 heterocycles. The van der Waals surface area contributed by atoms with E-state index in [4.69, 9.17) is 23.2 Å². The van der Waals surface area contributed by atoms with Gasteiger partial charge in [-0.3, -0.25) is 0 Å². The molecule has 0 spiro atoms. The maximum atomic E-state index is 6.12. The molecule has 0 saturated carbocycles. The molecular formula is C11H5BrCl2N2S. The van der Waals surface area contributed by atoms with Crippen LogP contribution in [0.25, 0.3) is 16.9 Å². The van der Waals surface area contributed by atoms with Crippen LogP contribution < -0.4 is 0 Å². The van der Waals surface area contributed by atoms with Crippen molar-refractivity contribution in [1.82, 2.24) is 9.38 Å². The highest BCUT2D eigenvalue weighted by Crippen LogP contribution is 2.38. The van der Waals surface area contributed by atoms with E-state index in [1.54, 1.807) is 0 Å². The average Bonchev–Trinajstić information content (AvgIpc) is 2.82. The Bertz CT molecular complexity index is 705. The highest BCUT2D eigenvalue weighted by Gasteiger charge is 2.12. The second kappa shape index (κ2) is 4.28. The van der Waals surface area contributed by atoms with E-state index < -0.39 is 0 Å². The molecule has 0 aliphatic heterocycles. The molecule has 2 nitrogen and oxygen atoms in total. The molecule has 3 rings (SSSR count). The molecule has 0 amide bonds. The molecule has 3 aromatic heterocycles. The molecule has 0 saturated heterocycles. The maximum absolute atomic E-state index is 6.12. The first kappa shape index (κ1) is 11.5. The van der Waals surface area contributed by atoms with Crippen molar-refractivity contribution in [3.63, 3.8) is 0 Å². The fourth-order valence-electron chi connectivity index (χ4n) is 1.62. The van der Waals surface area contributed by atoms with Gasteiger partial charge in [0.05, 0.1) is 14.5 Å². The van der Waals surface area contributed by atoms with Crippen LogP contribution in [0.5, 0.6) is 0 Å². The predicted octanol–water partition coefficient (Wildman–Crippen LogP) is 5.13. The minimum absolute atomic E-state index is 0.662. The minimum Gasteiger partial charge on any atom is -0.306 e. The van der Waals surface area contributed by atoms with E-state index in [-0.39, 0.29) is 0 Å². The van der Waals surface area contributed by atoms with Crippen molar-refractivity contribution in [3.05, 3.63) is 43.7 Å². The SMILES string of the molecule is Clc1cc(-c2cn3cccc(Br)c3n2)c(Cl)s1. The zero-order valence-electron chi connectivity index (χ0n) is 8.32. The van der Waals surface area contributed by atoms with Crippen molar-refractivity contribution >= 4 is 56.1 Å². The molecule has 0 radical (unpaired) electrons. The Morgan fingerprint density at radius 2 is 2.18 bits per heavy atom. The molecule has 0 aromatic carbocycles. The summed E-state index contributed by atoms with van der Waals surface area (Å²) in [6.07, 6.45) is 3.88. The van der Waals surface area contributed by atoms with E-state index in [0.717, 1.165) is 21.4 Å².